The molecule has 1 aromatic carbocycles. The van der Waals surface area contributed by atoms with Gasteiger partial charge in [0.25, 0.3) is 0 Å². The van der Waals surface area contributed by atoms with E-state index in [2.05, 4.69) is 16.0 Å². The first-order valence-corrected chi connectivity index (χ1v) is 6.92. The van der Waals surface area contributed by atoms with Gasteiger partial charge in [0.2, 0.25) is 5.91 Å². The normalized spacial score (nSPS) is 15.4. The Hall–Kier alpha value is -2.12. The Balaban J connectivity index is 1.75. The Morgan fingerprint density at radius 3 is 2.29 bits per heavy atom. The maximum atomic E-state index is 11.8. The minimum Gasteiger partial charge on any atom is -0.368 e. The first kappa shape index (κ1) is 15.3. The summed E-state index contributed by atoms with van der Waals surface area (Å²) in [5.74, 6) is -0.191. The maximum absolute atomic E-state index is 11.8. The molecule has 5 N–H and O–H groups in total. The monoisotopic (exact) mass is 292 g/mol. The van der Waals surface area contributed by atoms with Crippen LogP contribution in [-0.2, 0) is 9.53 Å². The fraction of sp³-hybridized carbons (Fsp3) is 0.429. The molecule has 1 saturated heterocycles. The van der Waals surface area contributed by atoms with Crippen molar-refractivity contribution in [1.82, 2.24) is 5.32 Å². The number of piperidine rings is 1. The van der Waals surface area contributed by atoms with Crippen LogP contribution in [-0.4, -0.2) is 37.7 Å². The molecule has 1 heterocycles. The lowest BCUT2D eigenvalue weighted by atomic mass is 10.1. The predicted octanol–water partition coefficient (Wildman–Crippen LogP) is 0.884. The lowest BCUT2D eigenvalue weighted by Crippen LogP contribution is -2.34. The molecule has 0 unspecified atom stereocenters. The third-order valence-corrected chi connectivity index (χ3v) is 3.17. The van der Waals surface area contributed by atoms with Crippen molar-refractivity contribution in [2.24, 2.45) is 5.73 Å². The first-order chi connectivity index (χ1) is 10.1. The number of benzene rings is 1. The van der Waals surface area contributed by atoms with Gasteiger partial charge in [-0.05, 0) is 50.2 Å². The molecule has 114 valence electrons. The van der Waals surface area contributed by atoms with Gasteiger partial charge in [0, 0.05) is 11.4 Å². The number of amides is 3. The van der Waals surface area contributed by atoms with Crippen molar-refractivity contribution in [3.63, 3.8) is 0 Å². The largest absolute Gasteiger partial charge is 0.368 e. The van der Waals surface area contributed by atoms with Gasteiger partial charge < -0.3 is 26.4 Å². The summed E-state index contributed by atoms with van der Waals surface area (Å²) in [6.45, 7) is 1.91. The number of hydrogen-bond acceptors (Lipinski definition) is 4. The van der Waals surface area contributed by atoms with E-state index in [-0.39, 0.29) is 18.6 Å². The number of rotatable bonds is 5. The number of urea groups is 1. The highest BCUT2D eigenvalue weighted by Crippen LogP contribution is 2.13. The van der Waals surface area contributed by atoms with Crippen LogP contribution in [0.3, 0.4) is 0 Å². The van der Waals surface area contributed by atoms with Crippen molar-refractivity contribution in [1.29, 1.82) is 0 Å². The van der Waals surface area contributed by atoms with E-state index in [1.807, 2.05) is 0 Å². The molecule has 0 aromatic heterocycles. The number of nitrogens with two attached hydrogens (primary N) is 1. The average Bonchev–Trinajstić information content (AvgIpc) is 2.48. The van der Waals surface area contributed by atoms with Crippen molar-refractivity contribution >= 4 is 23.3 Å². The van der Waals surface area contributed by atoms with Crippen LogP contribution >= 0.6 is 0 Å². The van der Waals surface area contributed by atoms with Gasteiger partial charge in [0.15, 0.2) is 0 Å². The summed E-state index contributed by atoms with van der Waals surface area (Å²) in [7, 11) is 0. The first-order valence-electron chi connectivity index (χ1n) is 6.92. The minimum absolute atomic E-state index is 0.0476. The summed E-state index contributed by atoms with van der Waals surface area (Å²) in [6.07, 6.45) is 2.01. The number of hydrogen-bond donors (Lipinski definition) is 4. The smallest absolute Gasteiger partial charge is 0.316 e. The number of primary amides is 1. The predicted molar refractivity (Wildman–Crippen MR) is 80.1 cm³/mol. The van der Waals surface area contributed by atoms with Crippen LogP contribution in [0, 0.1) is 0 Å². The third-order valence-electron chi connectivity index (χ3n) is 3.17. The Morgan fingerprint density at radius 1 is 1.14 bits per heavy atom. The van der Waals surface area contributed by atoms with Gasteiger partial charge in [0.05, 0.1) is 6.10 Å². The van der Waals surface area contributed by atoms with Gasteiger partial charge in [-0.15, -0.1) is 0 Å². The summed E-state index contributed by atoms with van der Waals surface area (Å²) in [4.78, 5) is 22.5. The fourth-order valence-electron chi connectivity index (χ4n) is 2.13. The molecule has 1 aliphatic heterocycles. The quantitative estimate of drug-likeness (QED) is 0.646. The Morgan fingerprint density at radius 2 is 1.71 bits per heavy atom. The molecule has 0 radical (unpaired) electrons. The van der Waals surface area contributed by atoms with Crippen LogP contribution in [0.2, 0.25) is 0 Å². The molecule has 7 nitrogen and oxygen atoms in total. The third kappa shape index (κ3) is 5.41. The van der Waals surface area contributed by atoms with Crippen LogP contribution < -0.4 is 21.7 Å². The van der Waals surface area contributed by atoms with Crippen LogP contribution in [0.1, 0.15) is 12.8 Å². The van der Waals surface area contributed by atoms with Crippen LogP contribution in [0.5, 0.6) is 0 Å². The zero-order valence-electron chi connectivity index (χ0n) is 11.7. The van der Waals surface area contributed by atoms with E-state index in [0.29, 0.717) is 11.4 Å². The molecule has 1 aromatic rings. The highest BCUT2D eigenvalue weighted by molar-refractivity contribution is 5.92. The molecule has 21 heavy (non-hydrogen) atoms. The molecule has 1 aliphatic rings. The molecule has 3 amide bonds. The number of anilines is 2. The van der Waals surface area contributed by atoms with E-state index < -0.39 is 6.03 Å². The van der Waals surface area contributed by atoms with Crippen molar-refractivity contribution in [2.45, 2.75) is 18.9 Å². The van der Waals surface area contributed by atoms with Gasteiger partial charge in [-0.2, -0.15) is 0 Å². The average molecular weight is 292 g/mol. The number of carbonyl (C=O) groups is 2. The fourth-order valence-corrected chi connectivity index (χ4v) is 2.13. The molecule has 7 heteroatoms. The van der Waals surface area contributed by atoms with Crippen molar-refractivity contribution in [3.8, 4) is 0 Å². The summed E-state index contributed by atoms with van der Waals surface area (Å²) in [5.41, 5.74) is 6.23. The summed E-state index contributed by atoms with van der Waals surface area (Å²) in [6, 6.07) is 6.07. The van der Waals surface area contributed by atoms with Gasteiger partial charge in [-0.25, -0.2) is 4.79 Å². The van der Waals surface area contributed by atoms with Gasteiger partial charge in [-0.1, -0.05) is 0 Å². The highest BCUT2D eigenvalue weighted by Gasteiger charge is 2.14. The second-order valence-electron chi connectivity index (χ2n) is 4.88. The van der Waals surface area contributed by atoms with Crippen LogP contribution in [0.15, 0.2) is 24.3 Å². The lowest BCUT2D eigenvalue weighted by molar-refractivity contribution is -0.123. The van der Waals surface area contributed by atoms with Crippen molar-refractivity contribution in [2.75, 3.05) is 30.3 Å². The second-order valence-corrected chi connectivity index (χ2v) is 4.88. The molecular formula is C14H20N4O3. The van der Waals surface area contributed by atoms with Crippen molar-refractivity contribution < 1.29 is 14.3 Å². The molecular weight excluding hydrogens is 272 g/mol. The maximum Gasteiger partial charge on any atom is 0.316 e. The van der Waals surface area contributed by atoms with Gasteiger partial charge >= 0.3 is 6.03 Å². The van der Waals surface area contributed by atoms with E-state index in [1.54, 1.807) is 24.3 Å². The minimum atomic E-state index is -0.623. The molecule has 0 atom stereocenters. The van der Waals surface area contributed by atoms with Crippen LogP contribution in [0.25, 0.3) is 0 Å². The zero-order valence-corrected chi connectivity index (χ0v) is 11.7. The number of carbonyl (C=O) groups excluding carboxylic acids is 2. The summed E-state index contributed by atoms with van der Waals surface area (Å²) >= 11 is 0. The molecule has 0 saturated carbocycles. The molecule has 1 fully saturated rings. The number of nitrogens with one attached hydrogen (secondary N) is 3. The molecule has 2 rings (SSSR count). The number of ether oxygens (including phenoxy) is 1. The molecule has 0 aliphatic carbocycles. The van der Waals surface area contributed by atoms with E-state index in [0.717, 1.165) is 25.9 Å². The van der Waals surface area contributed by atoms with E-state index >= 15 is 0 Å². The molecule has 0 bridgehead atoms. The van der Waals surface area contributed by atoms with Crippen molar-refractivity contribution in [3.05, 3.63) is 24.3 Å². The molecule has 0 spiro atoms. The Kier molecular flexibility index (Phi) is 5.53. The SMILES string of the molecule is NC(=O)Nc1ccc(NC(=O)COC2CCNCC2)cc1. The van der Waals surface area contributed by atoms with E-state index in [9.17, 15) is 9.59 Å². The summed E-state index contributed by atoms with van der Waals surface area (Å²) in [5, 5.41) is 8.43. The highest BCUT2D eigenvalue weighted by atomic mass is 16.5. The van der Waals surface area contributed by atoms with E-state index in [1.165, 1.54) is 0 Å². The Bertz CT molecular complexity index is 483. The van der Waals surface area contributed by atoms with Crippen LogP contribution in [0.4, 0.5) is 16.2 Å². The Labute approximate surface area is 123 Å². The zero-order chi connectivity index (χ0) is 15.1. The standard InChI is InChI=1S/C14H20N4O3/c15-14(20)18-11-3-1-10(2-4-11)17-13(19)9-21-12-5-7-16-8-6-12/h1-4,12,16H,5-9H2,(H,17,19)(H3,15,18,20). The van der Waals surface area contributed by atoms with Gasteiger partial charge in [0.1, 0.15) is 6.61 Å². The lowest BCUT2D eigenvalue weighted by Gasteiger charge is -2.22. The second kappa shape index (κ2) is 7.61. The van der Waals surface area contributed by atoms with Gasteiger partial charge in [-0.3, -0.25) is 4.79 Å². The van der Waals surface area contributed by atoms with E-state index in [4.69, 9.17) is 10.5 Å². The topological polar surface area (TPSA) is 105 Å². The summed E-state index contributed by atoms with van der Waals surface area (Å²) < 4.78 is 5.57.